The van der Waals surface area contributed by atoms with Crippen LogP contribution in [0.1, 0.15) is 32.3 Å². The highest BCUT2D eigenvalue weighted by molar-refractivity contribution is 7.92. The summed E-state index contributed by atoms with van der Waals surface area (Å²) in [7, 11) is -3.67. The number of amides is 1. The summed E-state index contributed by atoms with van der Waals surface area (Å²) in [5.74, 6) is 0.356. The molecule has 0 aromatic heterocycles. The first kappa shape index (κ1) is 24.0. The molecule has 1 N–H and O–H groups in total. The summed E-state index contributed by atoms with van der Waals surface area (Å²) in [6, 6.07) is 13.4. The maximum absolute atomic E-state index is 12.7. The summed E-state index contributed by atoms with van der Waals surface area (Å²) in [5.41, 5.74) is 1.65. The van der Waals surface area contributed by atoms with Crippen LogP contribution in [-0.4, -0.2) is 39.8 Å². The predicted octanol–water partition coefficient (Wildman–Crippen LogP) is 4.03. The Hall–Kier alpha value is -2.25. The van der Waals surface area contributed by atoms with Crippen molar-refractivity contribution < 1.29 is 17.9 Å². The molecule has 1 amide bonds. The van der Waals surface area contributed by atoms with Crippen LogP contribution in [0.4, 0.5) is 5.69 Å². The molecule has 0 bridgehead atoms. The smallest absolute Gasteiger partial charge is 0.244 e. The molecule has 2 aromatic rings. The SMILES string of the molecule is CCCc1ccc(OCCNC(=O)C(CC)N(c2ccc(Cl)cc2)S(C)(=O)=O)cc1. The van der Waals surface area contributed by atoms with Gasteiger partial charge in [0.05, 0.1) is 18.5 Å². The second-order valence-corrected chi connectivity index (χ2v) is 9.29. The fraction of sp³-hybridized carbons (Fsp3) is 0.409. The fourth-order valence-electron chi connectivity index (χ4n) is 3.15. The molecular weight excluding hydrogens is 424 g/mol. The molecule has 8 heteroatoms. The Bertz CT molecular complexity index is 915. The van der Waals surface area contributed by atoms with Crippen LogP contribution in [0.15, 0.2) is 48.5 Å². The van der Waals surface area contributed by atoms with Crippen LogP contribution >= 0.6 is 11.6 Å². The molecule has 6 nitrogen and oxygen atoms in total. The van der Waals surface area contributed by atoms with E-state index >= 15 is 0 Å². The number of anilines is 1. The van der Waals surface area contributed by atoms with Crippen LogP contribution < -0.4 is 14.4 Å². The van der Waals surface area contributed by atoms with Gasteiger partial charge in [0.15, 0.2) is 0 Å². The van der Waals surface area contributed by atoms with E-state index in [9.17, 15) is 13.2 Å². The van der Waals surface area contributed by atoms with E-state index in [2.05, 4.69) is 12.2 Å². The third-order valence-electron chi connectivity index (χ3n) is 4.54. The van der Waals surface area contributed by atoms with E-state index in [0.717, 1.165) is 29.2 Å². The average Bonchev–Trinajstić information content (AvgIpc) is 2.70. The summed E-state index contributed by atoms with van der Waals surface area (Å²) < 4.78 is 31.6. The van der Waals surface area contributed by atoms with E-state index in [1.807, 2.05) is 24.3 Å². The van der Waals surface area contributed by atoms with Crippen molar-refractivity contribution in [3.05, 3.63) is 59.1 Å². The molecule has 0 spiro atoms. The molecule has 1 unspecified atom stereocenters. The van der Waals surface area contributed by atoms with E-state index in [-0.39, 0.29) is 19.1 Å². The Morgan fingerprint density at radius 1 is 1.10 bits per heavy atom. The minimum atomic E-state index is -3.67. The summed E-state index contributed by atoms with van der Waals surface area (Å²) >= 11 is 5.90. The van der Waals surface area contributed by atoms with Crippen LogP contribution in [0, 0.1) is 0 Å². The maximum Gasteiger partial charge on any atom is 0.244 e. The van der Waals surface area contributed by atoms with Crippen molar-refractivity contribution in [1.82, 2.24) is 5.32 Å². The van der Waals surface area contributed by atoms with Gasteiger partial charge in [-0.25, -0.2) is 8.42 Å². The van der Waals surface area contributed by atoms with Gasteiger partial charge in [0, 0.05) is 5.02 Å². The zero-order chi connectivity index (χ0) is 22.1. The molecule has 0 aliphatic carbocycles. The second kappa shape index (κ2) is 11.2. The summed E-state index contributed by atoms with van der Waals surface area (Å²) in [5, 5.41) is 3.26. The Labute approximate surface area is 184 Å². The molecule has 2 rings (SSSR count). The third-order valence-corrected chi connectivity index (χ3v) is 5.97. The highest BCUT2D eigenvalue weighted by atomic mass is 35.5. The van der Waals surface area contributed by atoms with Gasteiger partial charge in [0.25, 0.3) is 0 Å². The number of nitrogens with zero attached hydrogens (tertiary/aromatic N) is 1. The van der Waals surface area contributed by atoms with Gasteiger partial charge in [-0.15, -0.1) is 0 Å². The quantitative estimate of drug-likeness (QED) is 0.522. The normalized spacial score (nSPS) is 12.3. The number of sulfonamides is 1. The van der Waals surface area contributed by atoms with Gasteiger partial charge >= 0.3 is 0 Å². The van der Waals surface area contributed by atoms with Crippen LogP contribution in [0.25, 0.3) is 0 Å². The van der Waals surface area contributed by atoms with Crippen LogP contribution in [0.5, 0.6) is 5.75 Å². The summed E-state index contributed by atoms with van der Waals surface area (Å²) in [6.07, 6.45) is 3.52. The Balaban J connectivity index is 1.97. The number of carbonyl (C=O) groups excluding carboxylic acids is 1. The predicted molar refractivity (Wildman–Crippen MR) is 122 cm³/mol. The molecule has 0 saturated carbocycles. The summed E-state index contributed by atoms with van der Waals surface area (Å²) in [4.78, 5) is 12.7. The Morgan fingerprint density at radius 2 is 1.73 bits per heavy atom. The fourth-order valence-corrected chi connectivity index (χ4v) is 4.49. The lowest BCUT2D eigenvalue weighted by atomic mass is 10.1. The number of carbonyl (C=O) groups is 1. The minimum Gasteiger partial charge on any atom is -0.492 e. The third kappa shape index (κ3) is 6.92. The topological polar surface area (TPSA) is 75.7 Å². The molecule has 30 heavy (non-hydrogen) atoms. The molecule has 0 aliphatic rings. The van der Waals surface area contributed by atoms with Crippen LogP contribution in [0.3, 0.4) is 0 Å². The minimum absolute atomic E-state index is 0.268. The van der Waals surface area contributed by atoms with Gasteiger partial charge in [-0.05, 0) is 54.8 Å². The van der Waals surface area contributed by atoms with Gasteiger partial charge in [-0.1, -0.05) is 44.0 Å². The van der Waals surface area contributed by atoms with Gasteiger partial charge in [0.2, 0.25) is 15.9 Å². The van der Waals surface area contributed by atoms with Gasteiger partial charge < -0.3 is 10.1 Å². The van der Waals surface area contributed by atoms with E-state index in [1.165, 1.54) is 5.56 Å². The first-order valence-electron chi connectivity index (χ1n) is 10.0. The van der Waals surface area contributed by atoms with Crippen molar-refractivity contribution in [3.8, 4) is 5.75 Å². The van der Waals surface area contributed by atoms with Crippen molar-refractivity contribution >= 4 is 33.2 Å². The number of halogens is 1. The number of nitrogens with one attached hydrogen (secondary N) is 1. The van der Waals surface area contributed by atoms with Gasteiger partial charge in [-0.2, -0.15) is 0 Å². The molecule has 0 fully saturated rings. The average molecular weight is 453 g/mol. The molecule has 1 atom stereocenters. The molecule has 164 valence electrons. The second-order valence-electron chi connectivity index (χ2n) is 6.99. The number of benzene rings is 2. The zero-order valence-electron chi connectivity index (χ0n) is 17.6. The van der Waals surface area contributed by atoms with E-state index in [4.69, 9.17) is 16.3 Å². The van der Waals surface area contributed by atoms with E-state index in [0.29, 0.717) is 17.1 Å². The monoisotopic (exact) mass is 452 g/mol. The van der Waals surface area contributed by atoms with Crippen molar-refractivity contribution in [2.75, 3.05) is 23.7 Å². The lowest BCUT2D eigenvalue weighted by Gasteiger charge is -2.30. The van der Waals surface area contributed by atoms with Crippen molar-refractivity contribution in [3.63, 3.8) is 0 Å². The lowest BCUT2D eigenvalue weighted by molar-refractivity contribution is -0.122. The van der Waals surface area contributed by atoms with E-state index in [1.54, 1.807) is 31.2 Å². The van der Waals surface area contributed by atoms with Gasteiger partial charge in [-0.3, -0.25) is 9.10 Å². The highest BCUT2D eigenvalue weighted by Gasteiger charge is 2.31. The van der Waals surface area contributed by atoms with Crippen molar-refractivity contribution in [1.29, 1.82) is 0 Å². The Morgan fingerprint density at radius 3 is 2.27 bits per heavy atom. The Kier molecular flexibility index (Phi) is 8.99. The summed E-state index contributed by atoms with van der Waals surface area (Å²) in [6.45, 7) is 4.46. The zero-order valence-corrected chi connectivity index (χ0v) is 19.2. The van der Waals surface area contributed by atoms with Crippen LogP contribution in [-0.2, 0) is 21.2 Å². The maximum atomic E-state index is 12.7. The molecule has 0 aliphatic heterocycles. The van der Waals surface area contributed by atoms with E-state index < -0.39 is 16.1 Å². The number of hydrogen-bond acceptors (Lipinski definition) is 4. The first-order chi connectivity index (χ1) is 14.3. The number of hydrogen-bond donors (Lipinski definition) is 1. The lowest BCUT2D eigenvalue weighted by Crippen LogP contribution is -2.50. The molecule has 0 heterocycles. The molecule has 0 saturated heterocycles. The number of ether oxygens (including phenoxy) is 1. The molecule has 0 radical (unpaired) electrons. The standard InChI is InChI=1S/C22H29ClN2O4S/c1-4-6-17-7-13-20(14-8-17)29-16-15-24-22(26)21(5-2)25(30(3,27)28)19-11-9-18(23)10-12-19/h7-14,21H,4-6,15-16H2,1-3H3,(H,24,26). The largest absolute Gasteiger partial charge is 0.492 e. The molecular formula is C22H29ClN2O4S. The van der Waals surface area contributed by atoms with Gasteiger partial charge in [0.1, 0.15) is 18.4 Å². The number of aryl methyl sites for hydroxylation is 1. The molecule has 2 aromatic carbocycles. The first-order valence-corrected chi connectivity index (χ1v) is 12.2. The number of rotatable bonds is 11. The highest BCUT2D eigenvalue weighted by Crippen LogP contribution is 2.24. The van der Waals surface area contributed by atoms with Crippen LogP contribution in [0.2, 0.25) is 5.02 Å². The van der Waals surface area contributed by atoms with Crippen molar-refractivity contribution in [2.45, 2.75) is 39.2 Å². The van der Waals surface area contributed by atoms with Crippen molar-refractivity contribution in [2.24, 2.45) is 0 Å².